The minimum atomic E-state index is 0.121. The lowest BCUT2D eigenvalue weighted by molar-refractivity contribution is -0.140. The van der Waals surface area contributed by atoms with Crippen LogP contribution in [0, 0.1) is 11.8 Å². The lowest BCUT2D eigenvalue weighted by Gasteiger charge is -2.35. The Bertz CT molecular complexity index is 390. The van der Waals surface area contributed by atoms with E-state index in [2.05, 4.69) is 5.32 Å². The molecule has 0 aromatic rings. The van der Waals surface area contributed by atoms with Crippen LogP contribution in [-0.4, -0.2) is 35.8 Å². The van der Waals surface area contributed by atoms with Crippen molar-refractivity contribution in [3.63, 3.8) is 0 Å². The summed E-state index contributed by atoms with van der Waals surface area (Å²) < 4.78 is 0. The third kappa shape index (κ3) is 3.82. The highest BCUT2D eigenvalue weighted by atomic mass is 16.2. The van der Waals surface area contributed by atoms with Gasteiger partial charge in [0.25, 0.3) is 0 Å². The Labute approximate surface area is 134 Å². The van der Waals surface area contributed by atoms with Gasteiger partial charge in [0.05, 0.1) is 0 Å². The maximum absolute atomic E-state index is 12.5. The molecule has 1 heterocycles. The minimum Gasteiger partial charge on any atom is -0.353 e. The average Bonchev–Trinajstić information content (AvgIpc) is 3.08. The summed E-state index contributed by atoms with van der Waals surface area (Å²) in [5.41, 5.74) is 0. The van der Waals surface area contributed by atoms with Gasteiger partial charge < -0.3 is 10.2 Å². The van der Waals surface area contributed by atoms with Crippen molar-refractivity contribution in [3.8, 4) is 0 Å². The number of hydrogen-bond donors (Lipinski definition) is 1. The van der Waals surface area contributed by atoms with Crippen molar-refractivity contribution >= 4 is 11.8 Å². The van der Waals surface area contributed by atoms with Gasteiger partial charge in [-0.3, -0.25) is 9.59 Å². The largest absolute Gasteiger partial charge is 0.353 e. The number of nitrogens with zero attached hydrogens (tertiary/aromatic N) is 1. The van der Waals surface area contributed by atoms with Crippen molar-refractivity contribution in [1.82, 2.24) is 10.2 Å². The van der Waals surface area contributed by atoms with Crippen LogP contribution < -0.4 is 5.32 Å². The van der Waals surface area contributed by atoms with Crippen LogP contribution in [0.15, 0.2) is 0 Å². The first-order valence-corrected chi connectivity index (χ1v) is 9.33. The van der Waals surface area contributed by atoms with Gasteiger partial charge >= 0.3 is 0 Å². The number of piperidine rings is 1. The fraction of sp³-hybridized carbons (Fsp3) is 0.889. The number of amides is 2. The average molecular weight is 306 g/mol. The lowest BCUT2D eigenvalue weighted by atomic mass is 9.87. The molecule has 0 aromatic heterocycles. The number of carbonyl (C=O) groups excluding carboxylic acids is 2. The highest BCUT2D eigenvalue weighted by Crippen LogP contribution is 2.28. The van der Waals surface area contributed by atoms with Crippen LogP contribution in [0.2, 0.25) is 0 Å². The van der Waals surface area contributed by atoms with Crippen LogP contribution in [0.4, 0.5) is 0 Å². The lowest BCUT2D eigenvalue weighted by Crippen LogP contribution is -2.46. The van der Waals surface area contributed by atoms with Crippen LogP contribution >= 0.6 is 0 Å². The Morgan fingerprint density at radius 2 is 1.32 bits per heavy atom. The van der Waals surface area contributed by atoms with Gasteiger partial charge in [-0.25, -0.2) is 0 Å². The first kappa shape index (κ1) is 15.8. The van der Waals surface area contributed by atoms with E-state index in [4.69, 9.17) is 0 Å². The predicted octanol–water partition coefficient (Wildman–Crippen LogP) is 2.86. The predicted molar refractivity (Wildman–Crippen MR) is 86.3 cm³/mol. The smallest absolute Gasteiger partial charge is 0.225 e. The Kier molecular flexibility index (Phi) is 5.37. The second-order valence-electron chi connectivity index (χ2n) is 7.42. The number of rotatable bonds is 3. The Hall–Kier alpha value is -1.06. The van der Waals surface area contributed by atoms with Gasteiger partial charge in [-0.1, -0.05) is 32.1 Å². The van der Waals surface area contributed by atoms with Crippen molar-refractivity contribution in [2.45, 2.75) is 76.7 Å². The number of likely N-dealkylation sites (tertiary alicyclic amines) is 1. The molecule has 2 aliphatic carbocycles. The van der Waals surface area contributed by atoms with Crippen molar-refractivity contribution in [1.29, 1.82) is 0 Å². The standard InChI is InChI=1S/C18H30N2O2/c21-17(19-16-8-4-5-9-16)14-10-12-20(13-11-14)18(22)15-6-2-1-3-7-15/h14-16H,1-13H2,(H,19,21). The number of nitrogens with one attached hydrogen (secondary N) is 1. The van der Waals surface area contributed by atoms with Crippen molar-refractivity contribution in [2.75, 3.05) is 13.1 Å². The molecule has 0 bridgehead atoms. The zero-order chi connectivity index (χ0) is 15.4. The summed E-state index contributed by atoms with van der Waals surface area (Å²) in [5, 5.41) is 3.21. The molecule has 4 heteroatoms. The molecule has 2 saturated carbocycles. The summed E-state index contributed by atoms with van der Waals surface area (Å²) >= 11 is 0. The highest BCUT2D eigenvalue weighted by Gasteiger charge is 2.32. The second-order valence-corrected chi connectivity index (χ2v) is 7.42. The topological polar surface area (TPSA) is 49.4 Å². The van der Waals surface area contributed by atoms with Crippen molar-refractivity contribution in [3.05, 3.63) is 0 Å². The van der Waals surface area contributed by atoms with Gasteiger partial charge in [0, 0.05) is 31.0 Å². The molecule has 0 unspecified atom stereocenters. The minimum absolute atomic E-state index is 0.121. The van der Waals surface area contributed by atoms with Gasteiger partial charge in [-0.15, -0.1) is 0 Å². The molecular formula is C18H30N2O2. The molecule has 2 amide bonds. The highest BCUT2D eigenvalue weighted by molar-refractivity contribution is 5.81. The molecule has 3 aliphatic rings. The van der Waals surface area contributed by atoms with E-state index in [0.717, 1.165) is 51.6 Å². The van der Waals surface area contributed by atoms with Gasteiger partial charge in [-0.05, 0) is 38.5 Å². The second kappa shape index (κ2) is 7.47. The monoisotopic (exact) mass is 306 g/mol. The Balaban J connectivity index is 1.43. The summed E-state index contributed by atoms with van der Waals surface area (Å²) in [7, 11) is 0. The van der Waals surface area contributed by atoms with E-state index in [0.29, 0.717) is 11.9 Å². The fourth-order valence-electron chi connectivity index (χ4n) is 4.36. The van der Waals surface area contributed by atoms with Crippen LogP contribution in [-0.2, 0) is 9.59 Å². The summed E-state index contributed by atoms with van der Waals surface area (Å²) in [6.45, 7) is 1.55. The van der Waals surface area contributed by atoms with Crippen LogP contribution in [0.25, 0.3) is 0 Å². The van der Waals surface area contributed by atoms with Crippen LogP contribution in [0.5, 0.6) is 0 Å². The Morgan fingerprint density at radius 3 is 1.95 bits per heavy atom. The van der Waals surface area contributed by atoms with E-state index in [1.807, 2.05) is 4.90 Å². The quantitative estimate of drug-likeness (QED) is 0.871. The van der Waals surface area contributed by atoms with Crippen molar-refractivity contribution in [2.24, 2.45) is 11.8 Å². The third-order valence-corrected chi connectivity index (χ3v) is 5.83. The molecule has 0 atom stereocenters. The molecule has 1 saturated heterocycles. The van der Waals surface area contributed by atoms with Gasteiger partial charge in [0.1, 0.15) is 0 Å². The number of carbonyl (C=O) groups is 2. The maximum Gasteiger partial charge on any atom is 0.225 e. The first-order valence-electron chi connectivity index (χ1n) is 9.33. The van der Waals surface area contributed by atoms with Crippen molar-refractivity contribution < 1.29 is 9.59 Å². The zero-order valence-electron chi connectivity index (χ0n) is 13.7. The maximum atomic E-state index is 12.5. The Morgan fingerprint density at radius 1 is 0.727 bits per heavy atom. The van der Waals surface area contributed by atoms with Crippen LogP contribution in [0.3, 0.4) is 0 Å². The van der Waals surface area contributed by atoms with Gasteiger partial charge in [-0.2, -0.15) is 0 Å². The first-order chi connectivity index (χ1) is 10.7. The summed E-state index contributed by atoms with van der Waals surface area (Å²) in [6, 6.07) is 0.411. The third-order valence-electron chi connectivity index (χ3n) is 5.83. The fourth-order valence-corrected chi connectivity index (χ4v) is 4.36. The molecule has 0 spiro atoms. The summed E-state index contributed by atoms with van der Waals surface area (Å²) in [5.74, 6) is 0.972. The van der Waals surface area contributed by atoms with Crippen LogP contribution in [0.1, 0.15) is 70.6 Å². The van der Waals surface area contributed by atoms with E-state index >= 15 is 0 Å². The molecule has 0 radical (unpaired) electrons. The SMILES string of the molecule is O=C(NC1CCCC1)C1CCN(C(=O)C2CCCCC2)CC1. The molecule has 4 nitrogen and oxygen atoms in total. The molecule has 3 rings (SSSR count). The molecule has 1 aliphatic heterocycles. The summed E-state index contributed by atoms with van der Waals surface area (Å²) in [4.78, 5) is 26.9. The van der Waals surface area contributed by atoms with Gasteiger partial charge in [0.15, 0.2) is 0 Å². The molecule has 124 valence electrons. The molecule has 1 N–H and O–H groups in total. The zero-order valence-corrected chi connectivity index (χ0v) is 13.7. The van der Waals surface area contributed by atoms with E-state index in [1.165, 1.54) is 32.1 Å². The van der Waals surface area contributed by atoms with E-state index in [-0.39, 0.29) is 17.7 Å². The molecule has 22 heavy (non-hydrogen) atoms. The molecular weight excluding hydrogens is 276 g/mol. The van der Waals surface area contributed by atoms with Gasteiger partial charge in [0.2, 0.25) is 11.8 Å². The molecule has 3 fully saturated rings. The van der Waals surface area contributed by atoms with E-state index < -0.39 is 0 Å². The molecule has 0 aromatic carbocycles. The normalized spacial score (nSPS) is 25.4. The van der Waals surface area contributed by atoms with E-state index in [1.54, 1.807) is 0 Å². The summed E-state index contributed by atoms with van der Waals surface area (Å²) in [6.07, 6.45) is 12.3. The van der Waals surface area contributed by atoms with E-state index in [9.17, 15) is 9.59 Å². The number of hydrogen-bond acceptors (Lipinski definition) is 2.